The van der Waals surface area contributed by atoms with Gasteiger partial charge < -0.3 is 20.8 Å². The average molecular weight is 186 g/mol. The second-order valence-electron chi connectivity index (χ2n) is 2.73. The van der Waals surface area contributed by atoms with Gasteiger partial charge in [-0.3, -0.25) is 0 Å². The van der Waals surface area contributed by atoms with Crippen LogP contribution in [-0.2, 0) is 0 Å². The van der Waals surface area contributed by atoms with Crippen LogP contribution >= 0.6 is 0 Å². The van der Waals surface area contributed by atoms with Crippen molar-refractivity contribution in [3.05, 3.63) is 12.2 Å². The summed E-state index contributed by atoms with van der Waals surface area (Å²) in [5.74, 6) is 0. The van der Waals surface area contributed by atoms with Crippen LogP contribution in [-0.4, -0.2) is 34.5 Å². The first-order chi connectivity index (χ1) is 6.08. The molecule has 0 unspecified atom stereocenters. The van der Waals surface area contributed by atoms with E-state index >= 15 is 0 Å². The standard InChI is InChI=1S/C7H10N2O4/c10-6(11)8-4-1-2-5(3-4)9-7(12)13/h1-2,4-5,8-9H,3H2,(H,10,11)(H,12,13)/t4-,5+. The highest BCUT2D eigenvalue weighted by Crippen LogP contribution is 2.10. The highest BCUT2D eigenvalue weighted by molar-refractivity contribution is 5.66. The van der Waals surface area contributed by atoms with Gasteiger partial charge in [0.05, 0.1) is 12.1 Å². The van der Waals surface area contributed by atoms with E-state index in [2.05, 4.69) is 10.6 Å². The van der Waals surface area contributed by atoms with Crippen molar-refractivity contribution in [2.24, 2.45) is 0 Å². The number of amides is 2. The van der Waals surface area contributed by atoms with Gasteiger partial charge in [0.25, 0.3) is 0 Å². The van der Waals surface area contributed by atoms with Crippen LogP contribution in [0.4, 0.5) is 9.59 Å². The Kier molecular flexibility index (Phi) is 2.73. The van der Waals surface area contributed by atoms with Gasteiger partial charge in [-0.15, -0.1) is 0 Å². The first-order valence-electron chi connectivity index (χ1n) is 3.75. The molecule has 1 rings (SSSR count). The van der Waals surface area contributed by atoms with Gasteiger partial charge >= 0.3 is 12.2 Å². The van der Waals surface area contributed by atoms with Crippen molar-refractivity contribution in [3.8, 4) is 0 Å². The highest BCUT2D eigenvalue weighted by atomic mass is 16.4. The quantitative estimate of drug-likeness (QED) is 0.463. The predicted molar refractivity (Wildman–Crippen MR) is 43.7 cm³/mol. The lowest BCUT2D eigenvalue weighted by Crippen LogP contribution is -2.36. The number of nitrogens with one attached hydrogen (secondary N) is 2. The van der Waals surface area contributed by atoms with E-state index in [9.17, 15) is 9.59 Å². The summed E-state index contributed by atoms with van der Waals surface area (Å²) in [6.07, 6.45) is 1.48. The Balaban J connectivity index is 2.33. The Labute approximate surface area is 74.2 Å². The molecule has 1 aliphatic carbocycles. The van der Waals surface area contributed by atoms with Crippen LogP contribution in [0.15, 0.2) is 12.2 Å². The van der Waals surface area contributed by atoms with Gasteiger partial charge in [-0.25, -0.2) is 9.59 Å². The van der Waals surface area contributed by atoms with Crippen LogP contribution in [0.1, 0.15) is 6.42 Å². The van der Waals surface area contributed by atoms with E-state index in [1.165, 1.54) is 0 Å². The van der Waals surface area contributed by atoms with Crippen LogP contribution in [0.25, 0.3) is 0 Å². The molecule has 0 aliphatic heterocycles. The fourth-order valence-electron chi connectivity index (χ4n) is 1.23. The van der Waals surface area contributed by atoms with Gasteiger partial charge in [-0.2, -0.15) is 0 Å². The van der Waals surface area contributed by atoms with Crippen LogP contribution < -0.4 is 10.6 Å². The van der Waals surface area contributed by atoms with Crippen LogP contribution in [0.3, 0.4) is 0 Å². The Bertz CT molecular complexity index is 227. The van der Waals surface area contributed by atoms with Crippen molar-refractivity contribution >= 4 is 12.2 Å². The summed E-state index contributed by atoms with van der Waals surface area (Å²) in [7, 11) is 0. The van der Waals surface area contributed by atoms with E-state index in [4.69, 9.17) is 10.2 Å². The summed E-state index contributed by atoms with van der Waals surface area (Å²) < 4.78 is 0. The first kappa shape index (κ1) is 9.37. The van der Waals surface area contributed by atoms with Gasteiger partial charge in [0.2, 0.25) is 0 Å². The average Bonchev–Trinajstić information content (AvgIpc) is 2.33. The fraction of sp³-hybridized carbons (Fsp3) is 0.429. The molecule has 0 spiro atoms. The summed E-state index contributed by atoms with van der Waals surface area (Å²) in [5, 5.41) is 21.2. The zero-order valence-corrected chi connectivity index (χ0v) is 6.73. The molecule has 2 atom stereocenters. The van der Waals surface area contributed by atoms with E-state index in [1.54, 1.807) is 12.2 Å². The highest BCUT2D eigenvalue weighted by Gasteiger charge is 2.20. The SMILES string of the molecule is O=C(O)N[C@@H]1C=C[C@H](NC(=O)O)C1. The minimum absolute atomic E-state index is 0.297. The second-order valence-corrected chi connectivity index (χ2v) is 2.73. The molecule has 0 bridgehead atoms. The summed E-state index contributed by atoms with van der Waals surface area (Å²) >= 11 is 0. The van der Waals surface area contributed by atoms with Crippen molar-refractivity contribution in [2.75, 3.05) is 0 Å². The lowest BCUT2D eigenvalue weighted by atomic mass is 10.2. The molecular formula is C7H10N2O4. The molecule has 0 aromatic carbocycles. The molecule has 0 aromatic rings. The largest absolute Gasteiger partial charge is 0.465 e. The third kappa shape index (κ3) is 3.02. The second kappa shape index (κ2) is 3.79. The molecule has 0 saturated carbocycles. The van der Waals surface area contributed by atoms with Gasteiger partial charge in [0, 0.05) is 0 Å². The molecule has 0 heterocycles. The first-order valence-corrected chi connectivity index (χ1v) is 3.75. The van der Waals surface area contributed by atoms with Crippen molar-refractivity contribution < 1.29 is 19.8 Å². The van der Waals surface area contributed by atoms with Gasteiger partial charge in [0.15, 0.2) is 0 Å². The maximum absolute atomic E-state index is 10.2. The topological polar surface area (TPSA) is 98.7 Å². The summed E-state index contributed by atoms with van der Waals surface area (Å²) in [6, 6.07) is -0.594. The number of rotatable bonds is 2. The molecule has 0 aromatic heterocycles. The molecule has 0 saturated heterocycles. The van der Waals surface area contributed by atoms with Gasteiger partial charge in [-0.05, 0) is 6.42 Å². The monoisotopic (exact) mass is 186 g/mol. The lowest BCUT2D eigenvalue weighted by molar-refractivity contribution is 0.189. The van der Waals surface area contributed by atoms with E-state index in [-0.39, 0.29) is 12.1 Å². The van der Waals surface area contributed by atoms with Crippen molar-refractivity contribution in [3.63, 3.8) is 0 Å². The Morgan fingerprint density at radius 1 is 1.08 bits per heavy atom. The summed E-state index contributed by atoms with van der Waals surface area (Å²) in [4.78, 5) is 20.4. The number of carbonyl (C=O) groups is 2. The van der Waals surface area contributed by atoms with Crippen molar-refractivity contribution in [1.82, 2.24) is 10.6 Å². The fourth-order valence-corrected chi connectivity index (χ4v) is 1.23. The smallest absolute Gasteiger partial charge is 0.405 e. The molecular weight excluding hydrogens is 176 g/mol. The van der Waals surface area contributed by atoms with Crippen LogP contribution in [0.5, 0.6) is 0 Å². The summed E-state index contributed by atoms with van der Waals surface area (Å²) in [6.45, 7) is 0. The van der Waals surface area contributed by atoms with Gasteiger partial charge in [0.1, 0.15) is 0 Å². The third-order valence-electron chi connectivity index (χ3n) is 1.70. The molecule has 0 radical (unpaired) electrons. The Morgan fingerprint density at radius 3 is 1.77 bits per heavy atom. The number of hydrogen-bond acceptors (Lipinski definition) is 2. The lowest BCUT2D eigenvalue weighted by Gasteiger charge is -2.11. The molecule has 72 valence electrons. The molecule has 4 N–H and O–H groups in total. The third-order valence-corrected chi connectivity index (χ3v) is 1.70. The molecule has 0 fully saturated rings. The number of carboxylic acid groups (broad SMARTS) is 2. The van der Waals surface area contributed by atoms with Crippen LogP contribution in [0.2, 0.25) is 0 Å². The predicted octanol–water partition coefficient (Wildman–Crippen LogP) is 0.219. The normalized spacial score (nSPS) is 25.5. The van der Waals surface area contributed by atoms with Crippen molar-refractivity contribution in [2.45, 2.75) is 18.5 Å². The van der Waals surface area contributed by atoms with Gasteiger partial charge in [-0.1, -0.05) is 12.2 Å². The molecule has 1 aliphatic rings. The summed E-state index contributed by atoms with van der Waals surface area (Å²) in [5.41, 5.74) is 0. The molecule has 6 nitrogen and oxygen atoms in total. The zero-order chi connectivity index (χ0) is 9.84. The molecule has 13 heavy (non-hydrogen) atoms. The van der Waals surface area contributed by atoms with E-state index < -0.39 is 12.2 Å². The maximum atomic E-state index is 10.2. The van der Waals surface area contributed by atoms with E-state index in [0.717, 1.165) is 0 Å². The zero-order valence-electron chi connectivity index (χ0n) is 6.73. The molecule has 6 heteroatoms. The minimum atomic E-state index is -1.11. The van der Waals surface area contributed by atoms with Crippen LogP contribution in [0, 0.1) is 0 Å². The Morgan fingerprint density at radius 2 is 1.46 bits per heavy atom. The Hall–Kier alpha value is -1.72. The van der Waals surface area contributed by atoms with Crippen molar-refractivity contribution in [1.29, 1.82) is 0 Å². The maximum Gasteiger partial charge on any atom is 0.405 e. The van der Waals surface area contributed by atoms with E-state index in [0.29, 0.717) is 6.42 Å². The molecule has 2 amide bonds. The number of hydrogen-bond donors (Lipinski definition) is 4. The minimum Gasteiger partial charge on any atom is -0.465 e. The van der Waals surface area contributed by atoms with E-state index in [1.807, 2.05) is 0 Å².